The first-order valence-corrected chi connectivity index (χ1v) is 7.33. The van der Waals surface area contributed by atoms with Gasteiger partial charge < -0.3 is 12.3 Å². The average molecular weight is 177 g/mol. The molecule has 0 atom stereocenters. The van der Waals surface area contributed by atoms with Gasteiger partial charge in [0.2, 0.25) is 0 Å². The Morgan fingerprint density at radius 2 is 0.778 bits per heavy atom. The molecule has 0 aliphatic carbocycles. The van der Waals surface area contributed by atoms with Crippen LogP contribution in [0.4, 0.5) is 0 Å². The van der Waals surface area contributed by atoms with Crippen molar-refractivity contribution in [2.24, 2.45) is 0 Å². The number of hydrogen-bond acceptors (Lipinski definition) is 2. The van der Waals surface area contributed by atoms with Gasteiger partial charge >= 0.3 is 42.7 Å². The molecular formula is C6H18CoN2. The quantitative estimate of drug-likeness (QED) is 0.596. The molecule has 0 unspecified atom stereocenters. The zero-order valence-electron chi connectivity index (χ0n) is 5.99. The van der Waals surface area contributed by atoms with Gasteiger partial charge in [0, 0.05) is 0 Å². The summed E-state index contributed by atoms with van der Waals surface area (Å²) < 4.78 is 0. The molecule has 0 amide bonds. The Bertz CT molecular complexity index is 121. The van der Waals surface area contributed by atoms with E-state index in [0.29, 0.717) is 0 Å². The standard InChI is InChI=1S/3C2H4.Co.2H3N/c3*1-2;;;/h3*1-2H2;;2*1H3. The molecule has 6 N–H and O–H groups in total. The van der Waals surface area contributed by atoms with E-state index >= 15 is 0 Å². The van der Waals surface area contributed by atoms with Crippen molar-refractivity contribution in [3.63, 3.8) is 0 Å². The molecule has 9 heavy (non-hydrogen) atoms. The fraction of sp³-hybridized carbons (Fsp3) is 1.00. The van der Waals surface area contributed by atoms with E-state index in [2.05, 4.69) is 0 Å². The van der Waals surface area contributed by atoms with Crippen LogP contribution in [0.15, 0.2) is 0 Å². The summed E-state index contributed by atoms with van der Waals surface area (Å²) in [5.41, 5.74) is 0. The summed E-state index contributed by atoms with van der Waals surface area (Å²) in [4.78, 5) is 0. The fourth-order valence-electron chi connectivity index (χ4n) is 1.47. The van der Waals surface area contributed by atoms with Crippen LogP contribution in [-0.4, -0.2) is 0 Å². The van der Waals surface area contributed by atoms with E-state index in [1.807, 2.05) is 0 Å². The van der Waals surface area contributed by atoms with Crippen LogP contribution >= 0.6 is 0 Å². The second-order valence-corrected chi connectivity index (χ2v) is 14.4. The maximum atomic E-state index is 1.74. The zero-order chi connectivity index (χ0) is 4.65. The van der Waals surface area contributed by atoms with E-state index in [-0.39, 0.29) is 12.3 Å². The maximum absolute atomic E-state index is 1.74. The topological polar surface area (TPSA) is 70.0 Å². The van der Waals surface area contributed by atoms with Crippen LogP contribution in [0.5, 0.6) is 0 Å². The van der Waals surface area contributed by atoms with Crippen molar-refractivity contribution in [2.75, 3.05) is 0 Å². The zero-order valence-corrected chi connectivity index (χ0v) is 7.03. The monoisotopic (exact) mass is 177 g/mol. The van der Waals surface area contributed by atoms with Crippen LogP contribution in [0.3, 0.4) is 0 Å². The fourth-order valence-corrected chi connectivity index (χ4v) is 12.1. The third kappa shape index (κ3) is 0.463. The van der Waals surface area contributed by atoms with Crippen molar-refractivity contribution in [3.05, 3.63) is 0 Å². The molecule has 2 nitrogen and oxygen atoms in total. The minimum absolute atomic E-state index is 0. The molecule has 0 aromatic heterocycles. The summed E-state index contributed by atoms with van der Waals surface area (Å²) in [7, 11) is -0.896. The molecule has 3 fully saturated rings. The molecular weight excluding hydrogens is 159 g/mol. The van der Waals surface area contributed by atoms with Crippen LogP contribution in [0.25, 0.3) is 0 Å². The Hall–Kier alpha value is 0.426. The normalized spacial score (nSPS) is 48.0. The SMILES string of the molecule is N.N.[CH2]1[CH2][Co]123([CH2][CH2]2)[CH2][CH2]3. The third-order valence-corrected chi connectivity index (χ3v) is 13.7. The summed E-state index contributed by atoms with van der Waals surface area (Å²) >= 11 is 0. The molecule has 3 heteroatoms. The van der Waals surface area contributed by atoms with Crippen LogP contribution in [0.2, 0.25) is 32.1 Å². The van der Waals surface area contributed by atoms with Gasteiger partial charge in [0.15, 0.2) is 0 Å². The van der Waals surface area contributed by atoms with E-state index in [9.17, 15) is 0 Å². The van der Waals surface area contributed by atoms with Crippen molar-refractivity contribution in [1.29, 1.82) is 0 Å². The summed E-state index contributed by atoms with van der Waals surface area (Å²) in [6, 6.07) is 0. The molecule has 3 saturated heterocycles. The molecule has 0 bridgehead atoms. The van der Waals surface area contributed by atoms with Gasteiger partial charge in [-0.15, -0.1) is 0 Å². The predicted molar refractivity (Wildman–Crippen MR) is 38.9 cm³/mol. The summed E-state index contributed by atoms with van der Waals surface area (Å²) in [5, 5.41) is 10.4. The number of hydrogen-bond donors (Lipinski definition) is 2. The van der Waals surface area contributed by atoms with E-state index in [1.165, 1.54) is 0 Å². The van der Waals surface area contributed by atoms with Gasteiger partial charge in [-0.3, -0.25) is 0 Å². The van der Waals surface area contributed by atoms with Crippen LogP contribution < -0.4 is 12.3 Å². The van der Waals surface area contributed by atoms with Gasteiger partial charge in [-0.05, 0) is 0 Å². The van der Waals surface area contributed by atoms with E-state index in [0.717, 1.165) is 0 Å². The van der Waals surface area contributed by atoms with Gasteiger partial charge in [-0.25, -0.2) is 0 Å². The molecule has 3 aliphatic rings. The molecule has 0 aromatic carbocycles. The van der Waals surface area contributed by atoms with E-state index in [4.69, 9.17) is 0 Å². The van der Waals surface area contributed by atoms with E-state index in [1.54, 1.807) is 32.1 Å². The molecule has 3 heterocycles. The Morgan fingerprint density at radius 3 is 0.778 bits per heavy atom. The molecule has 0 aromatic rings. The summed E-state index contributed by atoms with van der Waals surface area (Å²) in [6.07, 6.45) is 0. The molecule has 3 rings (SSSR count). The molecule has 61 valence electrons. The Labute approximate surface area is 55.5 Å². The molecule has 3 aliphatic heterocycles. The van der Waals surface area contributed by atoms with Crippen molar-refractivity contribution in [3.8, 4) is 0 Å². The predicted octanol–water partition coefficient (Wildman–Crippen LogP) is 3.09. The summed E-state index contributed by atoms with van der Waals surface area (Å²) in [5.74, 6) is 0. The molecule has 0 radical (unpaired) electrons. The van der Waals surface area contributed by atoms with Crippen LogP contribution in [0.1, 0.15) is 0 Å². The van der Waals surface area contributed by atoms with Gasteiger partial charge in [0.25, 0.3) is 0 Å². The first kappa shape index (κ1) is 7.53. The van der Waals surface area contributed by atoms with Gasteiger partial charge in [0.05, 0.1) is 0 Å². The van der Waals surface area contributed by atoms with Gasteiger partial charge in [-0.2, -0.15) is 0 Å². The Balaban J connectivity index is 0.000000202. The van der Waals surface area contributed by atoms with Gasteiger partial charge in [-0.1, -0.05) is 0 Å². The second kappa shape index (κ2) is 1.01. The van der Waals surface area contributed by atoms with Crippen molar-refractivity contribution in [1.82, 2.24) is 12.3 Å². The van der Waals surface area contributed by atoms with Crippen molar-refractivity contribution in [2.45, 2.75) is 32.1 Å². The van der Waals surface area contributed by atoms with E-state index < -0.39 is 10.5 Å². The van der Waals surface area contributed by atoms with Crippen molar-refractivity contribution >= 4 is 0 Å². The van der Waals surface area contributed by atoms with Crippen molar-refractivity contribution < 1.29 is 10.5 Å². The first-order chi connectivity index (χ1) is 3.23. The second-order valence-electron chi connectivity index (χ2n) is 3.50. The molecule has 1 spiro atoms. The van der Waals surface area contributed by atoms with Crippen LogP contribution in [-0.2, 0) is 10.5 Å². The Morgan fingerprint density at radius 1 is 0.556 bits per heavy atom. The number of rotatable bonds is 0. The van der Waals surface area contributed by atoms with Crippen LogP contribution in [0, 0.1) is 0 Å². The summed E-state index contributed by atoms with van der Waals surface area (Å²) in [6.45, 7) is 0. The third-order valence-electron chi connectivity index (χ3n) is 3.33. The Kier molecular flexibility index (Phi) is 0.847. The average Bonchev–Trinajstić information content (AvgIpc) is 2.58. The van der Waals surface area contributed by atoms with Gasteiger partial charge in [0.1, 0.15) is 0 Å². The first-order valence-electron chi connectivity index (χ1n) is 2.91. The molecule has 0 saturated carbocycles. The minimum atomic E-state index is -0.896.